The number of pyridine rings is 1. The van der Waals surface area contributed by atoms with Gasteiger partial charge in [-0.05, 0) is 43.9 Å². The molecule has 2 unspecified atom stereocenters. The Balaban J connectivity index is 1.67. The number of carbonyl (C=O) groups is 1. The third kappa shape index (κ3) is 2.25. The fourth-order valence-corrected chi connectivity index (χ4v) is 2.60. The lowest BCUT2D eigenvalue weighted by atomic mass is 10.1. The zero-order valence-electron chi connectivity index (χ0n) is 10.7. The molecule has 0 radical (unpaired) electrons. The van der Waals surface area contributed by atoms with Crippen LogP contribution in [-0.2, 0) is 4.79 Å². The molecule has 1 N–H and O–H groups in total. The molecule has 4 nitrogen and oxygen atoms in total. The first-order valence-electron chi connectivity index (χ1n) is 6.72. The number of aromatic nitrogens is 1. The molecule has 1 amide bonds. The highest BCUT2D eigenvalue weighted by molar-refractivity contribution is 5.84. The molecule has 0 spiro atoms. The van der Waals surface area contributed by atoms with Crippen molar-refractivity contribution in [3.05, 3.63) is 30.1 Å². The highest BCUT2D eigenvalue weighted by Gasteiger charge is 2.37. The Kier molecular flexibility index (Phi) is 3.04. The van der Waals surface area contributed by atoms with Crippen LogP contribution in [0.3, 0.4) is 0 Å². The van der Waals surface area contributed by atoms with E-state index < -0.39 is 0 Å². The van der Waals surface area contributed by atoms with Gasteiger partial charge in [0.1, 0.15) is 0 Å². The van der Waals surface area contributed by atoms with Gasteiger partial charge in [0, 0.05) is 25.0 Å². The maximum atomic E-state index is 12.3. The maximum Gasteiger partial charge on any atom is 0.240 e. The predicted octanol–water partition coefficient (Wildman–Crippen LogP) is 1.50. The first kappa shape index (κ1) is 11.7. The lowest BCUT2D eigenvalue weighted by molar-refractivity contribution is -0.131. The smallest absolute Gasteiger partial charge is 0.240 e. The summed E-state index contributed by atoms with van der Waals surface area (Å²) in [6, 6.07) is 4.75. The van der Waals surface area contributed by atoms with E-state index in [1.807, 2.05) is 17.0 Å². The van der Waals surface area contributed by atoms with Crippen LogP contribution in [0.25, 0.3) is 0 Å². The second kappa shape index (κ2) is 4.69. The van der Waals surface area contributed by atoms with Crippen LogP contribution in [0.4, 0.5) is 0 Å². The zero-order valence-corrected chi connectivity index (χ0v) is 10.7. The standard InChI is InChI=1S/C14H19N3O/c1-10(11-4-7-15-8-5-11)17-9-6-13(14(17)18)16-12-2-3-12/h4-5,7-8,10,12-13,16H,2-3,6,9H2,1H3. The van der Waals surface area contributed by atoms with Crippen molar-refractivity contribution < 1.29 is 4.79 Å². The van der Waals surface area contributed by atoms with Crippen LogP contribution in [0.2, 0.25) is 0 Å². The van der Waals surface area contributed by atoms with E-state index in [4.69, 9.17) is 0 Å². The predicted molar refractivity (Wildman–Crippen MR) is 68.9 cm³/mol. The summed E-state index contributed by atoms with van der Waals surface area (Å²) in [5.41, 5.74) is 1.16. The van der Waals surface area contributed by atoms with Gasteiger partial charge in [-0.25, -0.2) is 0 Å². The lowest BCUT2D eigenvalue weighted by Gasteiger charge is -2.25. The molecule has 1 saturated heterocycles. The van der Waals surface area contributed by atoms with Gasteiger partial charge < -0.3 is 10.2 Å². The molecule has 2 atom stereocenters. The number of hydrogen-bond donors (Lipinski definition) is 1. The highest BCUT2D eigenvalue weighted by atomic mass is 16.2. The third-order valence-corrected chi connectivity index (χ3v) is 3.91. The molecule has 1 aliphatic heterocycles. The SMILES string of the molecule is CC(c1ccncc1)N1CCC(NC2CC2)C1=O. The molecule has 1 aromatic rings. The van der Waals surface area contributed by atoms with Crippen molar-refractivity contribution in [1.29, 1.82) is 0 Å². The minimum atomic E-state index is 0.0433. The van der Waals surface area contributed by atoms with E-state index in [-0.39, 0.29) is 18.0 Å². The summed E-state index contributed by atoms with van der Waals surface area (Å²) >= 11 is 0. The van der Waals surface area contributed by atoms with Crippen LogP contribution in [0.1, 0.15) is 37.8 Å². The van der Waals surface area contributed by atoms with E-state index in [2.05, 4.69) is 17.2 Å². The normalized spacial score (nSPS) is 25.5. The van der Waals surface area contributed by atoms with E-state index in [1.54, 1.807) is 12.4 Å². The second-order valence-corrected chi connectivity index (χ2v) is 5.27. The molecule has 2 fully saturated rings. The molecule has 2 heterocycles. The molecule has 0 bridgehead atoms. The van der Waals surface area contributed by atoms with Crippen molar-refractivity contribution in [2.75, 3.05) is 6.54 Å². The Morgan fingerprint density at radius 3 is 2.72 bits per heavy atom. The van der Waals surface area contributed by atoms with Crippen molar-refractivity contribution in [3.8, 4) is 0 Å². The lowest BCUT2D eigenvalue weighted by Crippen LogP contribution is -2.40. The van der Waals surface area contributed by atoms with Crippen molar-refractivity contribution in [3.63, 3.8) is 0 Å². The van der Waals surface area contributed by atoms with Crippen molar-refractivity contribution >= 4 is 5.91 Å². The summed E-state index contributed by atoms with van der Waals surface area (Å²) in [6.45, 7) is 2.94. The maximum absolute atomic E-state index is 12.3. The number of hydrogen-bond acceptors (Lipinski definition) is 3. The quantitative estimate of drug-likeness (QED) is 0.874. The number of amides is 1. The van der Waals surface area contributed by atoms with E-state index >= 15 is 0 Å². The number of likely N-dealkylation sites (tertiary alicyclic amines) is 1. The first-order chi connectivity index (χ1) is 8.75. The molecular formula is C14H19N3O. The molecule has 2 aliphatic rings. The molecule has 4 heteroatoms. The van der Waals surface area contributed by atoms with Gasteiger partial charge in [-0.15, -0.1) is 0 Å². The number of nitrogens with zero attached hydrogens (tertiary/aromatic N) is 2. The molecule has 18 heavy (non-hydrogen) atoms. The molecule has 1 aromatic heterocycles. The fourth-order valence-electron chi connectivity index (χ4n) is 2.60. The van der Waals surface area contributed by atoms with E-state index in [0.29, 0.717) is 6.04 Å². The number of carbonyl (C=O) groups excluding carboxylic acids is 1. The Labute approximate surface area is 107 Å². The molecule has 1 aliphatic carbocycles. The second-order valence-electron chi connectivity index (χ2n) is 5.27. The van der Waals surface area contributed by atoms with Gasteiger partial charge in [0.2, 0.25) is 5.91 Å². The average Bonchev–Trinajstić information content (AvgIpc) is 3.15. The van der Waals surface area contributed by atoms with E-state index in [0.717, 1.165) is 18.5 Å². The first-order valence-corrected chi connectivity index (χ1v) is 6.72. The molecule has 96 valence electrons. The number of rotatable bonds is 4. The third-order valence-electron chi connectivity index (χ3n) is 3.91. The summed E-state index contributed by atoms with van der Waals surface area (Å²) < 4.78 is 0. The molecular weight excluding hydrogens is 226 g/mol. The van der Waals surface area contributed by atoms with Gasteiger partial charge in [-0.2, -0.15) is 0 Å². The van der Waals surface area contributed by atoms with E-state index in [1.165, 1.54) is 12.8 Å². The minimum absolute atomic E-state index is 0.0433. The summed E-state index contributed by atoms with van der Waals surface area (Å²) in [7, 11) is 0. The highest BCUT2D eigenvalue weighted by Crippen LogP contribution is 2.27. The monoisotopic (exact) mass is 245 g/mol. The van der Waals surface area contributed by atoms with Crippen LogP contribution in [0, 0.1) is 0 Å². The Morgan fingerprint density at radius 1 is 1.33 bits per heavy atom. The van der Waals surface area contributed by atoms with Crippen LogP contribution in [0.5, 0.6) is 0 Å². The minimum Gasteiger partial charge on any atom is -0.335 e. The molecule has 0 aromatic carbocycles. The average molecular weight is 245 g/mol. The molecule has 3 rings (SSSR count). The number of nitrogens with one attached hydrogen (secondary N) is 1. The van der Waals surface area contributed by atoms with Gasteiger partial charge in [0.25, 0.3) is 0 Å². The van der Waals surface area contributed by atoms with Crippen LogP contribution in [-0.4, -0.2) is 34.4 Å². The van der Waals surface area contributed by atoms with Crippen LogP contribution < -0.4 is 5.32 Å². The summed E-state index contributed by atoms with van der Waals surface area (Å²) in [4.78, 5) is 18.3. The van der Waals surface area contributed by atoms with Gasteiger partial charge in [-0.3, -0.25) is 9.78 Å². The Bertz CT molecular complexity index is 430. The zero-order chi connectivity index (χ0) is 12.5. The van der Waals surface area contributed by atoms with Crippen LogP contribution in [0.15, 0.2) is 24.5 Å². The van der Waals surface area contributed by atoms with Crippen molar-refractivity contribution in [2.45, 2.75) is 44.3 Å². The van der Waals surface area contributed by atoms with Crippen molar-refractivity contribution in [2.24, 2.45) is 0 Å². The Morgan fingerprint density at radius 2 is 2.06 bits per heavy atom. The fraction of sp³-hybridized carbons (Fsp3) is 0.571. The Hall–Kier alpha value is -1.42. The van der Waals surface area contributed by atoms with Gasteiger partial charge in [0.15, 0.2) is 0 Å². The van der Waals surface area contributed by atoms with Crippen molar-refractivity contribution in [1.82, 2.24) is 15.2 Å². The van der Waals surface area contributed by atoms with E-state index in [9.17, 15) is 4.79 Å². The van der Waals surface area contributed by atoms with Crippen LogP contribution >= 0.6 is 0 Å². The van der Waals surface area contributed by atoms with Gasteiger partial charge in [0.05, 0.1) is 12.1 Å². The molecule has 1 saturated carbocycles. The summed E-state index contributed by atoms with van der Waals surface area (Å²) in [5, 5.41) is 3.44. The topological polar surface area (TPSA) is 45.2 Å². The largest absolute Gasteiger partial charge is 0.335 e. The summed E-state index contributed by atoms with van der Waals surface area (Å²) in [5.74, 6) is 0.256. The van der Waals surface area contributed by atoms with Gasteiger partial charge >= 0.3 is 0 Å². The van der Waals surface area contributed by atoms with Gasteiger partial charge in [-0.1, -0.05) is 0 Å². The summed E-state index contributed by atoms with van der Waals surface area (Å²) in [6.07, 6.45) is 6.96.